The number of hydrogen-bond acceptors (Lipinski definition) is 6. The number of para-hydroxylation sites is 2. The lowest BCUT2D eigenvalue weighted by molar-refractivity contribution is -0.119. The van der Waals surface area contributed by atoms with Gasteiger partial charge >= 0.3 is 0 Å². The fourth-order valence-electron chi connectivity index (χ4n) is 4.79. The van der Waals surface area contributed by atoms with E-state index in [0.717, 1.165) is 4.47 Å². The van der Waals surface area contributed by atoms with E-state index in [1.165, 1.54) is 0 Å². The number of hydrogen-bond donors (Lipinski definition) is 2. The van der Waals surface area contributed by atoms with Gasteiger partial charge in [0.25, 0.3) is 11.8 Å². The number of nitrogens with one attached hydrogen (secondary N) is 2. The molecule has 0 saturated carbocycles. The molecule has 0 saturated heterocycles. The Bertz CT molecular complexity index is 1940. The molecular weight excluding hydrogens is 660 g/mol. The van der Waals surface area contributed by atoms with Crippen LogP contribution in [-0.2, 0) is 9.59 Å². The van der Waals surface area contributed by atoms with Crippen LogP contribution >= 0.6 is 15.9 Å². The molecule has 2 N–H and O–H groups in total. The van der Waals surface area contributed by atoms with E-state index < -0.39 is 11.8 Å². The Kier molecular flexibility index (Phi) is 10.6. The van der Waals surface area contributed by atoms with Gasteiger partial charge in [0.2, 0.25) is 0 Å². The van der Waals surface area contributed by atoms with Crippen LogP contribution in [0.15, 0.2) is 120 Å². The van der Waals surface area contributed by atoms with Gasteiger partial charge in [0.15, 0.2) is 24.8 Å². The number of ether oxygens (including phenoxy) is 2. The van der Waals surface area contributed by atoms with E-state index >= 15 is 0 Å². The van der Waals surface area contributed by atoms with E-state index in [9.17, 15) is 19.2 Å². The number of anilines is 2. The van der Waals surface area contributed by atoms with Crippen molar-refractivity contribution >= 4 is 50.7 Å². The Morgan fingerprint density at radius 1 is 0.532 bits per heavy atom. The first-order valence-corrected chi connectivity index (χ1v) is 15.5. The van der Waals surface area contributed by atoms with Crippen LogP contribution in [0.25, 0.3) is 0 Å². The number of halogens is 1. The fourth-order valence-corrected chi connectivity index (χ4v) is 5.05. The summed E-state index contributed by atoms with van der Waals surface area (Å²) in [5.41, 5.74) is 4.41. The lowest BCUT2D eigenvalue weighted by Crippen LogP contribution is -2.24. The summed E-state index contributed by atoms with van der Waals surface area (Å²) in [6.45, 7) is 3.05. The van der Waals surface area contributed by atoms with Gasteiger partial charge in [0, 0.05) is 26.7 Å². The molecule has 0 aromatic heterocycles. The highest BCUT2D eigenvalue weighted by molar-refractivity contribution is 9.10. The molecule has 0 bridgehead atoms. The Morgan fingerprint density at radius 2 is 0.936 bits per heavy atom. The minimum Gasteiger partial charge on any atom is -0.483 e. The third-order valence-corrected chi connectivity index (χ3v) is 7.74. The second-order valence-electron chi connectivity index (χ2n) is 10.7. The van der Waals surface area contributed by atoms with Crippen LogP contribution in [0.5, 0.6) is 11.5 Å². The number of benzene rings is 5. The zero-order valence-electron chi connectivity index (χ0n) is 25.7. The van der Waals surface area contributed by atoms with Crippen LogP contribution in [0, 0.1) is 13.8 Å². The first kappa shape index (κ1) is 32.8. The van der Waals surface area contributed by atoms with Crippen LogP contribution in [0.1, 0.15) is 43.0 Å². The third kappa shape index (κ3) is 8.59. The molecule has 2 amide bonds. The number of carbonyl (C=O) groups is 4. The standard InChI is InChI=1S/C38H31BrN2O6/c1-24-20-28(37(44)26-8-4-3-5-9-26)14-18-33(24)46-22-35(42)40-31-10-6-7-11-32(31)41-36(43)23-47-34-19-15-29(21-25(34)2)38(45)27-12-16-30(39)17-13-27/h3-21H,22-23H2,1-2H3,(H,40,42)(H,41,43). The Labute approximate surface area is 280 Å². The molecule has 8 nitrogen and oxygen atoms in total. The van der Waals surface area contributed by atoms with Crippen molar-refractivity contribution in [1.82, 2.24) is 0 Å². The first-order valence-electron chi connectivity index (χ1n) is 14.7. The van der Waals surface area contributed by atoms with Crippen molar-refractivity contribution in [3.8, 4) is 11.5 Å². The van der Waals surface area contributed by atoms with Gasteiger partial charge in [-0.15, -0.1) is 0 Å². The van der Waals surface area contributed by atoms with E-state index in [-0.39, 0.29) is 24.8 Å². The summed E-state index contributed by atoms with van der Waals surface area (Å²) >= 11 is 3.37. The molecule has 236 valence electrons. The summed E-state index contributed by atoms with van der Waals surface area (Å²) in [5, 5.41) is 5.53. The molecule has 47 heavy (non-hydrogen) atoms. The maximum absolute atomic E-state index is 12.8. The normalized spacial score (nSPS) is 10.5. The first-order chi connectivity index (χ1) is 22.7. The predicted molar refractivity (Wildman–Crippen MR) is 184 cm³/mol. The molecule has 0 aliphatic carbocycles. The van der Waals surface area contributed by atoms with Crippen LogP contribution in [0.2, 0.25) is 0 Å². The molecule has 5 aromatic rings. The van der Waals surface area contributed by atoms with Gasteiger partial charge in [-0.25, -0.2) is 0 Å². The van der Waals surface area contributed by atoms with Crippen molar-refractivity contribution in [2.75, 3.05) is 23.8 Å². The molecule has 5 aromatic carbocycles. The SMILES string of the molecule is Cc1cc(C(=O)c2ccccc2)ccc1OCC(=O)Nc1ccccc1NC(=O)COc1ccc(C(=O)c2ccc(Br)cc2)cc1C. The van der Waals surface area contributed by atoms with Gasteiger partial charge in [0.05, 0.1) is 11.4 Å². The van der Waals surface area contributed by atoms with E-state index in [0.29, 0.717) is 56.3 Å². The summed E-state index contributed by atoms with van der Waals surface area (Å²) in [6.07, 6.45) is 0. The van der Waals surface area contributed by atoms with Gasteiger partial charge in [-0.3, -0.25) is 19.2 Å². The second kappa shape index (κ2) is 15.2. The lowest BCUT2D eigenvalue weighted by Gasteiger charge is -2.14. The van der Waals surface area contributed by atoms with Gasteiger partial charge in [0.1, 0.15) is 11.5 Å². The quantitative estimate of drug-likeness (QED) is 0.131. The molecule has 0 aliphatic rings. The molecule has 0 heterocycles. The van der Waals surface area contributed by atoms with Crippen LogP contribution < -0.4 is 20.1 Å². The van der Waals surface area contributed by atoms with E-state index in [1.54, 1.807) is 98.8 Å². The van der Waals surface area contributed by atoms with Crippen molar-refractivity contribution < 1.29 is 28.7 Å². The highest BCUT2D eigenvalue weighted by Gasteiger charge is 2.15. The highest BCUT2D eigenvalue weighted by Crippen LogP contribution is 2.25. The van der Waals surface area contributed by atoms with Crippen LogP contribution in [-0.4, -0.2) is 36.6 Å². The monoisotopic (exact) mass is 690 g/mol. The maximum atomic E-state index is 12.8. The number of amides is 2. The number of carbonyl (C=O) groups excluding carboxylic acids is 4. The van der Waals surface area contributed by atoms with Gasteiger partial charge in [-0.1, -0.05) is 58.4 Å². The smallest absolute Gasteiger partial charge is 0.262 e. The topological polar surface area (TPSA) is 111 Å². The Hall–Kier alpha value is -5.54. The highest BCUT2D eigenvalue weighted by atomic mass is 79.9. The largest absolute Gasteiger partial charge is 0.483 e. The molecule has 0 unspecified atom stereocenters. The van der Waals surface area contributed by atoms with Crippen LogP contribution in [0.4, 0.5) is 11.4 Å². The van der Waals surface area contributed by atoms with E-state index in [4.69, 9.17) is 9.47 Å². The molecule has 0 aliphatic heterocycles. The van der Waals surface area contributed by atoms with Gasteiger partial charge < -0.3 is 20.1 Å². The molecule has 0 radical (unpaired) electrons. The summed E-state index contributed by atoms with van der Waals surface area (Å²) in [5.74, 6) is -0.127. The number of aryl methyl sites for hydroxylation is 2. The zero-order chi connectivity index (χ0) is 33.3. The minimum absolute atomic E-state index is 0.0980. The van der Waals surface area contributed by atoms with E-state index in [1.807, 2.05) is 30.3 Å². The molecular formula is C38H31BrN2O6. The van der Waals surface area contributed by atoms with E-state index in [2.05, 4.69) is 26.6 Å². The molecule has 0 spiro atoms. The molecule has 9 heteroatoms. The second-order valence-corrected chi connectivity index (χ2v) is 11.6. The predicted octanol–water partition coefficient (Wildman–Crippen LogP) is 7.56. The average Bonchev–Trinajstić information content (AvgIpc) is 3.08. The van der Waals surface area contributed by atoms with Gasteiger partial charge in [-0.2, -0.15) is 0 Å². The molecule has 0 atom stereocenters. The number of rotatable bonds is 12. The van der Waals surface area contributed by atoms with Crippen molar-refractivity contribution in [2.45, 2.75) is 13.8 Å². The Morgan fingerprint density at radius 3 is 1.38 bits per heavy atom. The summed E-state index contributed by atoms with van der Waals surface area (Å²) < 4.78 is 12.4. The zero-order valence-corrected chi connectivity index (χ0v) is 27.3. The van der Waals surface area contributed by atoms with Crippen molar-refractivity contribution in [3.05, 3.63) is 153 Å². The Balaban J connectivity index is 1.13. The average molecular weight is 692 g/mol. The van der Waals surface area contributed by atoms with Gasteiger partial charge in [-0.05, 0) is 97.8 Å². The summed E-state index contributed by atoms with van der Waals surface area (Å²) in [6, 6.07) is 33.0. The van der Waals surface area contributed by atoms with Crippen molar-refractivity contribution in [1.29, 1.82) is 0 Å². The third-order valence-electron chi connectivity index (χ3n) is 7.21. The van der Waals surface area contributed by atoms with Crippen LogP contribution in [0.3, 0.4) is 0 Å². The molecule has 0 fully saturated rings. The van der Waals surface area contributed by atoms with Crippen molar-refractivity contribution in [3.63, 3.8) is 0 Å². The molecule has 5 rings (SSSR count). The minimum atomic E-state index is -0.432. The maximum Gasteiger partial charge on any atom is 0.262 e. The van der Waals surface area contributed by atoms with Crippen molar-refractivity contribution in [2.24, 2.45) is 0 Å². The lowest BCUT2D eigenvalue weighted by atomic mass is 10.0. The number of ketones is 2. The fraction of sp³-hybridized carbons (Fsp3) is 0.105. The summed E-state index contributed by atoms with van der Waals surface area (Å²) in [4.78, 5) is 51.1. The summed E-state index contributed by atoms with van der Waals surface area (Å²) in [7, 11) is 0.